The van der Waals surface area contributed by atoms with Gasteiger partial charge in [-0.05, 0) is 50.7 Å². The van der Waals surface area contributed by atoms with E-state index in [0.717, 1.165) is 0 Å². The van der Waals surface area contributed by atoms with E-state index in [1.165, 1.54) is 32.1 Å². The lowest BCUT2D eigenvalue weighted by molar-refractivity contribution is 0.719. The molecular weight excluding hydrogens is 132 g/mol. The molecular formula is C11H18. The van der Waals surface area contributed by atoms with Gasteiger partial charge in [-0.15, -0.1) is 0 Å². The highest BCUT2D eigenvalue weighted by Gasteiger charge is 2.07. The maximum atomic E-state index is 2.28. The normalized spacial score (nSPS) is 27.5. The molecule has 1 fully saturated rings. The van der Waals surface area contributed by atoms with Gasteiger partial charge in [-0.25, -0.2) is 0 Å². The molecule has 0 aliphatic heterocycles. The number of hydrogen-bond acceptors (Lipinski definition) is 0. The van der Waals surface area contributed by atoms with Gasteiger partial charge >= 0.3 is 0 Å². The number of allylic oxidation sites excluding steroid dienone is 4. The third kappa shape index (κ3) is 2.21. The number of rotatable bonds is 0. The van der Waals surface area contributed by atoms with Gasteiger partial charge in [-0.3, -0.25) is 0 Å². The van der Waals surface area contributed by atoms with E-state index in [1.807, 2.05) is 0 Å². The van der Waals surface area contributed by atoms with E-state index in [-0.39, 0.29) is 0 Å². The molecule has 0 spiro atoms. The van der Waals surface area contributed by atoms with Crippen molar-refractivity contribution in [3.8, 4) is 0 Å². The summed E-state index contributed by atoms with van der Waals surface area (Å²) in [6.07, 6.45) is 11.3. The average molecular weight is 150 g/mol. The fourth-order valence-corrected chi connectivity index (χ4v) is 1.79. The predicted octanol–water partition coefficient (Wildman–Crippen LogP) is 3.84. The number of hydrogen-bond donors (Lipinski definition) is 0. The lowest BCUT2D eigenvalue weighted by atomic mass is 10.0. The third-order valence-corrected chi connectivity index (χ3v) is 2.50. The SMILES string of the molecule is C/C=C1/CCCCC/C1=C\C. The minimum atomic E-state index is 1.30. The van der Waals surface area contributed by atoms with Gasteiger partial charge < -0.3 is 0 Å². The van der Waals surface area contributed by atoms with Crippen LogP contribution in [-0.4, -0.2) is 0 Å². The van der Waals surface area contributed by atoms with Crippen molar-refractivity contribution in [3.05, 3.63) is 23.3 Å². The summed E-state index contributed by atoms with van der Waals surface area (Å²) < 4.78 is 0. The standard InChI is InChI=1S/C11H18/c1-3-10-8-6-5-7-9-11(10)4-2/h3-4H,5-9H2,1-2H3/b10-3-,11-4+. The first-order valence-electron chi connectivity index (χ1n) is 4.69. The maximum absolute atomic E-state index is 2.28. The molecule has 0 heteroatoms. The van der Waals surface area contributed by atoms with Crippen LogP contribution in [0.1, 0.15) is 46.0 Å². The fourth-order valence-electron chi connectivity index (χ4n) is 1.79. The Balaban J connectivity index is 2.71. The van der Waals surface area contributed by atoms with E-state index >= 15 is 0 Å². The Morgan fingerprint density at radius 1 is 0.818 bits per heavy atom. The topological polar surface area (TPSA) is 0 Å². The summed E-state index contributed by atoms with van der Waals surface area (Å²) in [6.45, 7) is 4.31. The van der Waals surface area contributed by atoms with Crippen LogP contribution in [0.3, 0.4) is 0 Å². The van der Waals surface area contributed by atoms with Crippen molar-refractivity contribution in [1.29, 1.82) is 0 Å². The Bertz CT molecular complexity index is 152. The van der Waals surface area contributed by atoms with Crippen molar-refractivity contribution >= 4 is 0 Å². The van der Waals surface area contributed by atoms with Crippen molar-refractivity contribution in [2.24, 2.45) is 0 Å². The van der Waals surface area contributed by atoms with Crippen LogP contribution in [0.15, 0.2) is 23.3 Å². The molecule has 62 valence electrons. The van der Waals surface area contributed by atoms with Gasteiger partial charge in [-0.2, -0.15) is 0 Å². The summed E-state index contributed by atoms with van der Waals surface area (Å²) in [6, 6.07) is 0. The maximum Gasteiger partial charge on any atom is -0.0280 e. The Hall–Kier alpha value is -0.520. The van der Waals surface area contributed by atoms with Gasteiger partial charge in [0.1, 0.15) is 0 Å². The van der Waals surface area contributed by atoms with Crippen LogP contribution in [0.2, 0.25) is 0 Å². The Morgan fingerprint density at radius 3 is 1.64 bits per heavy atom. The summed E-state index contributed by atoms with van der Waals surface area (Å²) >= 11 is 0. The molecule has 0 amide bonds. The van der Waals surface area contributed by atoms with E-state index in [4.69, 9.17) is 0 Å². The van der Waals surface area contributed by atoms with E-state index < -0.39 is 0 Å². The molecule has 0 radical (unpaired) electrons. The Morgan fingerprint density at radius 2 is 1.27 bits per heavy atom. The summed E-state index contributed by atoms with van der Waals surface area (Å²) in [7, 11) is 0. The van der Waals surface area contributed by atoms with Crippen molar-refractivity contribution in [2.45, 2.75) is 46.0 Å². The fraction of sp³-hybridized carbons (Fsp3) is 0.636. The first kappa shape index (κ1) is 8.58. The molecule has 0 unspecified atom stereocenters. The molecule has 11 heavy (non-hydrogen) atoms. The molecule has 0 heterocycles. The molecule has 0 saturated heterocycles. The minimum Gasteiger partial charge on any atom is -0.0842 e. The van der Waals surface area contributed by atoms with Crippen LogP contribution >= 0.6 is 0 Å². The van der Waals surface area contributed by atoms with E-state index in [0.29, 0.717) is 0 Å². The summed E-state index contributed by atoms with van der Waals surface area (Å²) in [5, 5.41) is 0. The molecule has 0 aromatic heterocycles. The quantitative estimate of drug-likeness (QED) is 0.460. The highest BCUT2D eigenvalue weighted by molar-refractivity contribution is 5.30. The highest BCUT2D eigenvalue weighted by Crippen LogP contribution is 2.26. The van der Waals surface area contributed by atoms with Gasteiger partial charge in [0.05, 0.1) is 0 Å². The predicted molar refractivity (Wildman–Crippen MR) is 50.6 cm³/mol. The summed E-state index contributed by atoms with van der Waals surface area (Å²) in [5.74, 6) is 0. The highest BCUT2D eigenvalue weighted by atomic mass is 14.1. The molecule has 1 aliphatic carbocycles. The molecule has 1 aliphatic rings. The zero-order chi connectivity index (χ0) is 8.10. The van der Waals surface area contributed by atoms with Crippen molar-refractivity contribution in [2.75, 3.05) is 0 Å². The van der Waals surface area contributed by atoms with E-state index in [2.05, 4.69) is 26.0 Å². The second kappa shape index (κ2) is 4.38. The zero-order valence-electron chi connectivity index (χ0n) is 7.69. The van der Waals surface area contributed by atoms with Crippen molar-refractivity contribution in [1.82, 2.24) is 0 Å². The molecule has 0 atom stereocenters. The molecule has 0 aromatic rings. The molecule has 0 bridgehead atoms. The van der Waals surface area contributed by atoms with Crippen LogP contribution in [0.4, 0.5) is 0 Å². The van der Waals surface area contributed by atoms with Crippen LogP contribution < -0.4 is 0 Å². The van der Waals surface area contributed by atoms with Crippen LogP contribution in [0.5, 0.6) is 0 Å². The Labute approximate surface area is 70.0 Å². The first-order valence-corrected chi connectivity index (χ1v) is 4.69. The van der Waals surface area contributed by atoms with Gasteiger partial charge in [0, 0.05) is 0 Å². The smallest absolute Gasteiger partial charge is 0.0280 e. The summed E-state index contributed by atoms with van der Waals surface area (Å²) in [4.78, 5) is 0. The van der Waals surface area contributed by atoms with Gasteiger partial charge in [0.25, 0.3) is 0 Å². The lowest BCUT2D eigenvalue weighted by Crippen LogP contribution is -1.85. The van der Waals surface area contributed by atoms with E-state index in [9.17, 15) is 0 Å². The molecule has 0 aromatic carbocycles. The lowest BCUT2D eigenvalue weighted by Gasteiger charge is -2.05. The zero-order valence-corrected chi connectivity index (χ0v) is 7.69. The molecule has 0 N–H and O–H groups in total. The Kier molecular flexibility index (Phi) is 3.41. The van der Waals surface area contributed by atoms with E-state index in [1.54, 1.807) is 11.1 Å². The summed E-state index contributed by atoms with van der Waals surface area (Å²) in [5.41, 5.74) is 3.18. The van der Waals surface area contributed by atoms with Crippen molar-refractivity contribution in [3.63, 3.8) is 0 Å². The van der Waals surface area contributed by atoms with Crippen molar-refractivity contribution < 1.29 is 0 Å². The van der Waals surface area contributed by atoms with Crippen LogP contribution in [0, 0.1) is 0 Å². The minimum absolute atomic E-state index is 1.30. The molecule has 0 nitrogen and oxygen atoms in total. The van der Waals surface area contributed by atoms with Gasteiger partial charge in [-0.1, -0.05) is 18.6 Å². The third-order valence-electron chi connectivity index (χ3n) is 2.50. The molecule has 1 rings (SSSR count). The average Bonchev–Trinajstić information content (AvgIpc) is 2.27. The first-order chi connectivity index (χ1) is 5.38. The molecule has 1 saturated carbocycles. The van der Waals surface area contributed by atoms with Crippen LogP contribution in [0.25, 0.3) is 0 Å². The largest absolute Gasteiger partial charge is 0.0842 e. The monoisotopic (exact) mass is 150 g/mol. The second-order valence-corrected chi connectivity index (χ2v) is 3.19. The van der Waals surface area contributed by atoms with Crippen LogP contribution in [-0.2, 0) is 0 Å². The second-order valence-electron chi connectivity index (χ2n) is 3.19. The van der Waals surface area contributed by atoms with Gasteiger partial charge in [0.2, 0.25) is 0 Å². The van der Waals surface area contributed by atoms with Gasteiger partial charge in [0.15, 0.2) is 0 Å².